The fourth-order valence-electron chi connectivity index (χ4n) is 3.27. The van der Waals surface area contributed by atoms with Crippen molar-refractivity contribution < 1.29 is 13.5 Å². The summed E-state index contributed by atoms with van der Waals surface area (Å²) < 4.78 is 24.8. The molecule has 3 rings (SSSR count). The van der Waals surface area contributed by atoms with Crippen molar-refractivity contribution in [1.82, 2.24) is 15.5 Å². The van der Waals surface area contributed by atoms with Crippen molar-refractivity contribution in [2.75, 3.05) is 39.4 Å². The maximum absolute atomic E-state index is 13.4. The van der Waals surface area contributed by atoms with Gasteiger partial charge in [0.1, 0.15) is 17.3 Å². The molecule has 152 valence electrons. The number of hydrogen-bond donors (Lipinski definition) is 2. The molecule has 1 aliphatic rings. The van der Waals surface area contributed by atoms with E-state index in [9.17, 15) is 4.39 Å². The maximum Gasteiger partial charge on any atom is 0.191 e. The second-order valence-electron chi connectivity index (χ2n) is 6.82. The van der Waals surface area contributed by atoms with Crippen LogP contribution in [0.4, 0.5) is 4.39 Å². The van der Waals surface area contributed by atoms with Crippen molar-refractivity contribution in [2.24, 2.45) is 4.99 Å². The second kappa shape index (κ2) is 10.2. The highest BCUT2D eigenvalue weighted by atomic mass is 19.1. The van der Waals surface area contributed by atoms with E-state index in [0.29, 0.717) is 19.0 Å². The number of benzene rings is 1. The Labute approximate surface area is 165 Å². The minimum atomic E-state index is -0.244. The number of hydrogen-bond acceptors (Lipinski definition) is 4. The Morgan fingerprint density at radius 1 is 1.21 bits per heavy atom. The van der Waals surface area contributed by atoms with Crippen LogP contribution in [0.3, 0.4) is 0 Å². The van der Waals surface area contributed by atoms with Gasteiger partial charge in [-0.3, -0.25) is 4.90 Å². The third-order valence-corrected chi connectivity index (χ3v) is 4.69. The SMILES string of the molecule is CCNC(=NCc1cccc(F)c1)NCC(c1ccc(C)o1)N1CCOCC1. The number of nitrogens with one attached hydrogen (secondary N) is 2. The van der Waals surface area contributed by atoms with Crippen LogP contribution in [0.5, 0.6) is 0 Å². The van der Waals surface area contributed by atoms with Crippen molar-refractivity contribution in [2.45, 2.75) is 26.4 Å². The number of guanidine groups is 1. The first kappa shape index (κ1) is 20.4. The number of furan rings is 1. The molecule has 1 unspecified atom stereocenters. The van der Waals surface area contributed by atoms with Crippen LogP contribution in [0.1, 0.15) is 30.0 Å². The van der Waals surface area contributed by atoms with Crippen molar-refractivity contribution in [3.8, 4) is 0 Å². The first-order valence-electron chi connectivity index (χ1n) is 9.80. The number of ether oxygens (including phenoxy) is 1. The smallest absolute Gasteiger partial charge is 0.191 e. The van der Waals surface area contributed by atoms with Crippen molar-refractivity contribution in [3.63, 3.8) is 0 Å². The molecule has 7 heteroatoms. The van der Waals surface area contributed by atoms with Crippen LogP contribution < -0.4 is 10.6 Å². The predicted octanol–water partition coefficient (Wildman–Crippen LogP) is 2.86. The molecule has 0 radical (unpaired) electrons. The van der Waals surface area contributed by atoms with Gasteiger partial charge in [-0.2, -0.15) is 0 Å². The largest absolute Gasteiger partial charge is 0.465 e. The van der Waals surface area contributed by atoms with Gasteiger partial charge in [0.15, 0.2) is 5.96 Å². The van der Waals surface area contributed by atoms with Gasteiger partial charge in [0.05, 0.1) is 25.8 Å². The first-order chi connectivity index (χ1) is 13.7. The van der Waals surface area contributed by atoms with E-state index in [1.54, 1.807) is 6.07 Å². The molecule has 0 amide bonds. The minimum absolute atomic E-state index is 0.0932. The number of rotatable bonds is 7. The molecule has 1 aromatic heterocycles. The third kappa shape index (κ3) is 5.81. The molecule has 2 N–H and O–H groups in total. The van der Waals surface area contributed by atoms with E-state index in [1.165, 1.54) is 12.1 Å². The van der Waals surface area contributed by atoms with E-state index in [-0.39, 0.29) is 11.9 Å². The van der Waals surface area contributed by atoms with E-state index < -0.39 is 0 Å². The summed E-state index contributed by atoms with van der Waals surface area (Å²) in [4.78, 5) is 6.96. The monoisotopic (exact) mass is 388 g/mol. The normalized spacial score (nSPS) is 16.8. The van der Waals surface area contributed by atoms with Crippen molar-refractivity contribution >= 4 is 5.96 Å². The van der Waals surface area contributed by atoms with Gasteiger partial charge in [-0.15, -0.1) is 0 Å². The summed E-state index contributed by atoms with van der Waals surface area (Å²) in [6.45, 7) is 8.97. The van der Waals surface area contributed by atoms with Crippen LogP contribution in [-0.2, 0) is 11.3 Å². The molecule has 0 saturated carbocycles. The molecule has 0 spiro atoms. The molecular formula is C21H29FN4O2. The molecule has 1 saturated heterocycles. The van der Waals surface area contributed by atoms with Crippen LogP contribution in [0.25, 0.3) is 0 Å². The molecule has 6 nitrogen and oxygen atoms in total. The summed E-state index contributed by atoms with van der Waals surface area (Å²) in [6.07, 6.45) is 0. The Bertz CT molecular complexity index is 771. The highest BCUT2D eigenvalue weighted by molar-refractivity contribution is 5.79. The van der Waals surface area contributed by atoms with Gasteiger partial charge in [0.2, 0.25) is 0 Å². The first-order valence-corrected chi connectivity index (χ1v) is 9.80. The zero-order valence-corrected chi connectivity index (χ0v) is 16.6. The van der Waals surface area contributed by atoms with Gasteiger partial charge in [0, 0.05) is 26.2 Å². The molecule has 1 aromatic carbocycles. The lowest BCUT2D eigenvalue weighted by atomic mass is 10.1. The Morgan fingerprint density at radius 2 is 2.04 bits per heavy atom. The second-order valence-corrected chi connectivity index (χ2v) is 6.82. The summed E-state index contributed by atoms with van der Waals surface area (Å²) in [6, 6.07) is 10.6. The Balaban J connectivity index is 1.68. The molecule has 2 heterocycles. The molecule has 28 heavy (non-hydrogen) atoms. The lowest BCUT2D eigenvalue weighted by Gasteiger charge is -2.33. The number of aryl methyl sites for hydroxylation is 1. The maximum atomic E-state index is 13.4. The van der Waals surface area contributed by atoms with Crippen LogP contribution in [0, 0.1) is 12.7 Å². The molecular weight excluding hydrogens is 359 g/mol. The fourth-order valence-corrected chi connectivity index (χ4v) is 3.27. The summed E-state index contributed by atoms with van der Waals surface area (Å²) in [5.41, 5.74) is 0.837. The van der Waals surface area contributed by atoms with E-state index in [1.807, 2.05) is 32.0 Å². The minimum Gasteiger partial charge on any atom is -0.465 e. The zero-order chi connectivity index (χ0) is 19.8. The fraction of sp³-hybridized carbons (Fsp3) is 0.476. The third-order valence-electron chi connectivity index (χ3n) is 4.69. The summed E-state index contributed by atoms with van der Waals surface area (Å²) >= 11 is 0. The van der Waals surface area contributed by atoms with Crippen LogP contribution in [0.15, 0.2) is 45.8 Å². The standard InChI is InChI=1S/C21H29FN4O2/c1-3-23-21(24-14-17-5-4-6-18(22)13-17)25-15-19(20-8-7-16(2)28-20)26-9-11-27-12-10-26/h4-8,13,19H,3,9-12,14-15H2,1-2H3,(H2,23,24,25). The van der Waals surface area contributed by atoms with Crippen LogP contribution in [0.2, 0.25) is 0 Å². The van der Waals surface area contributed by atoms with Crippen LogP contribution in [-0.4, -0.2) is 50.3 Å². The lowest BCUT2D eigenvalue weighted by Crippen LogP contribution is -2.46. The molecule has 1 atom stereocenters. The van der Waals surface area contributed by atoms with Crippen molar-refractivity contribution in [1.29, 1.82) is 0 Å². The highest BCUT2D eigenvalue weighted by Gasteiger charge is 2.25. The van der Waals surface area contributed by atoms with E-state index in [4.69, 9.17) is 9.15 Å². The predicted molar refractivity (Wildman–Crippen MR) is 108 cm³/mol. The van der Waals surface area contributed by atoms with E-state index in [2.05, 4.69) is 20.5 Å². The van der Waals surface area contributed by atoms with Crippen LogP contribution >= 0.6 is 0 Å². The van der Waals surface area contributed by atoms with Gasteiger partial charge in [-0.25, -0.2) is 9.38 Å². The number of morpholine rings is 1. The summed E-state index contributed by atoms with van der Waals surface area (Å²) in [5, 5.41) is 6.67. The van der Waals surface area contributed by atoms with Crippen molar-refractivity contribution in [3.05, 3.63) is 59.3 Å². The molecule has 0 aliphatic carbocycles. The van der Waals surface area contributed by atoms with Gasteiger partial charge >= 0.3 is 0 Å². The highest BCUT2D eigenvalue weighted by Crippen LogP contribution is 2.23. The Kier molecular flexibility index (Phi) is 7.45. The van der Waals surface area contributed by atoms with Gasteiger partial charge in [-0.05, 0) is 43.7 Å². The molecule has 1 fully saturated rings. The number of nitrogens with zero attached hydrogens (tertiary/aromatic N) is 2. The average molecular weight is 388 g/mol. The quantitative estimate of drug-likeness (QED) is 0.564. The Morgan fingerprint density at radius 3 is 2.71 bits per heavy atom. The lowest BCUT2D eigenvalue weighted by molar-refractivity contribution is 0.0124. The van der Waals surface area contributed by atoms with E-state index in [0.717, 1.165) is 49.9 Å². The Hall–Kier alpha value is -2.38. The van der Waals surface area contributed by atoms with Gasteiger partial charge in [0.25, 0.3) is 0 Å². The molecule has 1 aliphatic heterocycles. The molecule has 2 aromatic rings. The summed E-state index contributed by atoms with van der Waals surface area (Å²) in [5.74, 6) is 2.30. The van der Waals surface area contributed by atoms with E-state index >= 15 is 0 Å². The average Bonchev–Trinajstić information content (AvgIpc) is 3.13. The number of halogens is 1. The number of aliphatic imine (C=N–C) groups is 1. The zero-order valence-electron chi connectivity index (χ0n) is 16.6. The van der Waals surface area contributed by atoms with Gasteiger partial charge in [-0.1, -0.05) is 12.1 Å². The summed E-state index contributed by atoms with van der Waals surface area (Å²) in [7, 11) is 0. The topological polar surface area (TPSA) is 62.0 Å². The molecule has 0 bridgehead atoms. The van der Waals surface area contributed by atoms with Gasteiger partial charge < -0.3 is 19.8 Å².